The standard InChI is InChI=1S/C20H14N2O2/c1-2-13-11-14-7-3-6-10-17(14)21-18(13)12-22-19(23)15-8-4-5-9-16(15)20(22)24/h2-11H,1,12H2. The smallest absolute Gasteiger partial charge is 0.261 e. The molecule has 2 aromatic carbocycles. The number of nitrogens with zero attached hydrogens (tertiary/aromatic N) is 2. The van der Waals surface area contributed by atoms with Gasteiger partial charge < -0.3 is 0 Å². The molecule has 4 heteroatoms. The van der Waals surface area contributed by atoms with Crippen LogP contribution in [0.4, 0.5) is 0 Å². The van der Waals surface area contributed by atoms with Crippen molar-refractivity contribution in [3.63, 3.8) is 0 Å². The van der Waals surface area contributed by atoms with Crippen molar-refractivity contribution in [2.24, 2.45) is 0 Å². The third kappa shape index (κ3) is 2.12. The summed E-state index contributed by atoms with van der Waals surface area (Å²) < 4.78 is 0. The van der Waals surface area contributed by atoms with Crippen LogP contribution in [0.2, 0.25) is 0 Å². The highest BCUT2D eigenvalue weighted by atomic mass is 16.2. The number of imide groups is 1. The fraction of sp³-hybridized carbons (Fsp3) is 0.0500. The molecule has 24 heavy (non-hydrogen) atoms. The van der Waals surface area contributed by atoms with E-state index in [2.05, 4.69) is 11.6 Å². The summed E-state index contributed by atoms with van der Waals surface area (Å²) in [6, 6.07) is 16.6. The monoisotopic (exact) mass is 314 g/mol. The van der Waals surface area contributed by atoms with Gasteiger partial charge in [0.1, 0.15) is 0 Å². The van der Waals surface area contributed by atoms with Crippen LogP contribution in [0.3, 0.4) is 0 Å². The number of benzene rings is 2. The van der Waals surface area contributed by atoms with Gasteiger partial charge in [-0.2, -0.15) is 0 Å². The minimum Gasteiger partial charge on any atom is -0.269 e. The lowest BCUT2D eigenvalue weighted by Gasteiger charge is -2.15. The molecule has 0 radical (unpaired) electrons. The first-order chi connectivity index (χ1) is 11.7. The second-order valence-corrected chi connectivity index (χ2v) is 5.66. The highest BCUT2D eigenvalue weighted by Crippen LogP contribution is 2.26. The molecule has 2 heterocycles. The predicted molar refractivity (Wildman–Crippen MR) is 92.5 cm³/mol. The van der Waals surface area contributed by atoms with E-state index < -0.39 is 0 Å². The van der Waals surface area contributed by atoms with Crippen molar-refractivity contribution in [2.75, 3.05) is 0 Å². The molecule has 4 rings (SSSR count). The molecule has 4 nitrogen and oxygen atoms in total. The van der Waals surface area contributed by atoms with Gasteiger partial charge in [-0.1, -0.05) is 43.0 Å². The summed E-state index contributed by atoms with van der Waals surface area (Å²) in [5.41, 5.74) is 3.21. The van der Waals surface area contributed by atoms with Crippen LogP contribution in [0.5, 0.6) is 0 Å². The Balaban J connectivity index is 1.76. The first kappa shape index (κ1) is 14.3. The Bertz CT molecular complexity index is 972. The molecular formula is C20H14N2O2. The molecular weight excluding hydrogens is 300 g/mol. The second kappa shape index (κ2) is 5.42. The maximum absolute atomic E-state index is 12.5. The molecule has 0 spiro atoms. The van der Waals surface area contributed by atoms with Gasteiger partial charge in [-0.3, -0.25) is 19.5 Å². The average Bonchev–Trinajstić information content (AvgIpc) is 2.86. The van der Waals surface area contributed by atoms with E-state index in [0.717, 1.165) is 16.5 Å². The summed E-state index contributed by atoms with van der Waals surface area (Å²) in [7, 11) is 0. The van der Waals surface area contributed by atoms with E-state index in [-0.39, 0.29) is 18.4 Å². The van der Waals surface area contributed by atoms with Gasteiger partial charge in [0.05, 0.1) is 28.9 Å². The van der Waals surface area contributed by atoms with Crippen LogP contribution < -0.4 is 0 Å². The normalized spacial score (nSPS) is 13.4. The van der Waals surface area contributed by atoms with Crippen LogP contribution in [0.25, 0.3) is 17.0 Å². The van der Waals surface area contributed by atoms with Gasteiger partial charge in [0.2, 0.25) is 0 Å². The van der Waals surface area contributed by atoms with Crippen molar-refractivity contribution >= 4 is 28.8 Å². The van der Waals surface area contributed by atoms with E-state index in [4.69, 9.17) is 0 Å². The van der Waals surface area contributed by atoms with Gasteiger partial charge in [-0.15, -0.1) is 0 Å². The predicted octanol–water partition coefficient (Wildman–Crippen LogP) is 3.67. The number of carbonyl (C=O) groups excluding carboxylic acids is 2. The topological polar surface area (TPSA) is 50.3 Å². The number of fused-ring (bicyclic) bond motifs is 2. The molecule has 1 aliphatic rings. The Morgan fingerprint density at radius 1 is 0.958 bits per heavy atom. The third-order valence-corrected chi connectivity index (χ3v) is 4.24. The highest BCUT2D eigenvalue weighted by Gasteiger charge is 2.35. The number of pyridine rings is 1. The Morgan fingerprint density at radius 3 is 2.25 bits per heavy atom. The van der Waals surface area contributed by atoms with E-state index in [1.807, 2.05) is 30.3 Å². The van der Waals surface area contributed by atoms with Crippen molar-refractivity contribution in [3.8, 4) is 0 Å². The fourth-order valence-corrected chi connectivity index (χ4v) is 3.01. The number of hydrogen-bond acceptors (Lipinski definition) is 3. The molecule has 1 aromatic heterocycles. The Hall–Kier alpha value is -3.27. The van der Waals surface area contributed by atoms with E-state index in [0.29, 0.717) is 16.8 Å². The molecule has 0 N–H and O–H groups in total. The molecule has 0 atom stereocenters. The molecule has 0 bridgehead atoms. The van der Waals surface area contributed by atoms with Gasteiger partial charge in [0.15, 0.2) is 0 Å². The van der Waals surface area contributed by atoms with E-state index >= 15 is 0 Å². The quantitative estimate of drug-likeness (QED) is 0.693. The lowest BCUT2D eigenvalue weighted by molar-refractivity contribution is 0.0640. The van der Waals surface area contributed by atoms with Gasteiger partial charge in [-0.05, 0) is 29.8 Å². The Morgan fingerprint density at radius 2 is 1.58 bits per heavy atom. The fourth-order valence-electron chi connectivity index (χ4n) is 3.01. The lowest BCUT2D eigenvalue weighted by atomic mass is 10.1. The van der Waals surface area contributed by atoms with Gasteiger partial charge in [-0.25, -0.2) is 0 Å². The van der Waals surface area contributed by atoms with E-state index in [1.54, 1.807) is 30.3 Å². The Labute approximate surface area is 139 Å². The molecule has 3 aromatic rings. The molecule has 1 aliphatic heterocycles. The summed E-state index contributed by atoms with van der Waals surface area (Å²) in [5.74, 6) is -0.554. The minimum atomic E-state index is -0.277. The van der Waals surface area contributed by atoms with Crippen LogP contribution in [0.15, 0.2) is 61.2 Å². The molecule has 0 saturated heterocycles. The maximum Gasteiger partial charge on any atom is 0.261 e. The number of aromatic nitrogens is 1. The maximum atomic E-state index is 12.5. The largest absolute Gasteiger partial charge is 0.269 e. The summed E-state index contributed by atoms with van der Waals surface area (Å²) in [4.78, 5) is 30.9. The van der Waals surface area contributed by atoms with Crippen LogP contribution in [0, 0.1) is 0 Å². The average molecular weight is 314 g/mol. The molecule has 0 aliphatic carbocycles. The summed E-state index contributed by atoms with van der Waals surface area (Å²) >= 11 is 0. The first-order valence-electron chi connectivity index (χ1n) is 7.65. The summed E-state index contributed by atoms with van der Waals surface area (Å²) in [5, 5.41) is 0.999. The zero-order valence-electron chi connectivity index (χ0n) is 12.9. The van der Waals surface area contributed by atoms with E-state index in [9.17, 15) is 9.59 Å². The second-order valence-electron chi connectivity index (χ2n) is 5.66. The van der Waals surface area contributed by atoms with Crippen LogP contribution >= 0.6 is 0 Å². The van der Waals surface area contributed by atoms with Crippen molar-refractivity contribution in [2.45, 2.75) is 6.54 Å². The zero-order valence-corrected chi connectivity index (χ0v) is 12.9. The summed E-state index contributed by atoms with van der Waals surface area (Å²) in [6.45, 7) is 3.96. The van der Waals surface area contributed by atoms with Crippen molar-refractivity contribution in [1.29, 1.82) is 0 Å². The number of hydrogen-bond donors (Lipinski definition) is 0. The van der Waals surface area contributed by atoms with Gasteiger partial charge >= 0.3 is 0 Å². The molecule has 2 amide bonds. The molecule has 0 unspecified atom stereocenters. The lowest BCUT2D eigenvalue weighted by Crippen LogP contribution is -2.29. The highest BCUT2D eigenvalue weighted by molar-refractivity contribution is 6.21. The first-order valence-corrected chi connectivity index (χ1v) is 7.65. The van der Waals surface area contributed by atoms with Gasteiger partial charge in [0.25, 0.3) is 11.8 Å². The van der Waals surface area contributed by atoms with E-state index in [1.165, 1.54) is 4.90 Å². The van der Waals surface area contributed by atoms with Crippen molar-refractivity contribution in [3.05, 3.63) is 83.6 Å². The number of para-hydroxylation sites is 1. The molecule has 0 saturated carbocycles. The number of carbonyl (C=O) groups is 2. The zero-order chi connectivity index (χ0) is 16.7. The number of amides is 2. The molecule has 0 fully saturated rings. The minimum absolute atomic E-state index is 0.137. The summed E-state index contributed by atoms with van der Waals surface area (Å²) in [6.07, 6.45) is 1.70. The van der Waals surface area contributed by atoms with Crippen LogP contribution in [0.1, 0.15) is 32.0 Å². The van der Waals surface area contributed by atoms with Crippen molar-refractivity contribution < 1.29 is 9.59 Å². The third-order valence-electron chi connectivity index (χ3n) is 4.24. The Kier molecular flexibility index (Phi) is 3.24. The van der Waals surface area contributed by atoms with Crippen molar-refractivity contribution in [1.82, 2.24) is 9.88 Å². The SMILES string of the molecule is C=Cc1cc2ccccc2nc1CN1C(=O)c2ccccc2C1=O. The molecule has 116 valence electrons. The van der Waals surface area contributed by atoms with Gasteiger partial charge in [0, 0.05) is 5.39 Å². The van der Waals surface area contributed by atoms with Crippen LogP contribution in [-0.4, -0.2) is 21.7 Å². The number of rotatable bonds is 3. The van der Waals surface area contributed by atoms with Crippen LogP contribution in [-0.2, 0) is 6.54 Å².